The lowest BCUT2D eigenvalue weighted by atomic mass is 10.2. The molecule has 3 N–H and O–H groups in total. The fraction of sp³-hybridized carbons (Fsp3) is 0.125. The molecule has 3 amide bonds. The number of nitrogens with zero attached hydrogens (tertiary/aromatic N) is 2. The molecule has 122 valence electrons. The van der Waals surface area contributed by atoms with Crippen LogP contribution in [0.15, 0.2) is 42.6 Å². The Morgan fingerprint density at radius 3 is 2.71 bits per heavy atom. The molecule has 1 aliphatic heterocycles. The molecule has 0 unspecified atom stereocenters. The van der Waals surface area contributed by atoms with Crippen LogP contribution in [-0.2, 0) is 9.59 Å². The minimum absolute atomic E-state index is 0.140. The van der Waals surface area contributed by atoms with Crippen LogP contribution in [0.3, 0.4) is 0 Å². The number of nitrogens with two attached hydrogens (primary N) is 1. The normalized spacial score (nSPS) is 13.0. The van der Waals surface area contributed by atoms with E-state index in [1.165, 1.54) is 23.2 Å². The van der Waals surface area contributed by atoms with Crippen molar-refractivity contribution in [2.24, 2.45) is 5.73 Å². The lowest BCUT2D eigenvalue weighted by Crippen LogP contribution is -2.43. The number of aromatic nitrogens is 1. The Hall–Kier alpha value is -3.42. The van der Waals surface area contributed by atoms with Gasteiger partial charge in [0.25, 0.3) is 5.91 Å². The molecule has 0 saturated carbocycles. The largest absolute Gasteiger partial charge is 0.480 e. The fourth-order valence-electron chi connectivity index (χ4n) is 2.26. The monoisotopic (exact) mass is 326 g/mol. The Morgan fingerprint density at radius 2 is 2.00 bits per heavy atom. The molecule has 1 aliphatic rings. The fourth-order valence-corrected chi connectivity index (χ4v) is 2.26. The number of fused-ring (bicyclic) bond motifs is 1. The van der Waals surface area contributed by atoms with Crippen molar-refractivity contribution in [3.05, 3.63) is 48.2 Å². The molecular formula is C16H14N4O4. The smallest absolute Gasteiger partial charge is 0.266 e. The highest BCUT2D eigenvalue weighted by molar-refractivity contribution is 6.04. The van der Waals surface area contributed by atoms with Crippen LogP contribution < -0.4 is 20.7 Å². The number of primary amides is 1. The first-order valence-corrected chi connectivity index (χ1v) is 7.12. The summed E-state index contributed by atoms with van der Waals surface area (Å²) in [5.41, 5.74) is 5.99. The van der Waals surface area contributed by atoms with Crippen molar-refractivity contribution < 1.29 is 19.1 Å². The number of nitrogens with one attached hydrogen (secondary N) is 1. The summed E-state index contributed by atoms with van der Waals surface area (Å²) < 4.78 is 5.27. The lowest BCUT2D eigenvalue weighted by Gasteiger charge is -2.27. The average Bonchev–Trinajstić information content (AvgIpc) is 2.58. The topological polar surface area (TPSA) is 115 Å². The molecule has 8 heteroatoms. The first-order chi connectivity index (χ1) is 11.5. The van der Waals surface area contributed by atoms with Crippen molar-refractivity contribution in [3.63, 3.8) is 0 Å². The predicted molar refractivity (Wildman–Crippen MR) is 85.7 cm³/mol. The summed E-state index contributed by atoms with van der Waals surface area (Å²) in [5.74, 6) is -0.521. The van der Waals surface area contributed by atoms with Crippen LogP contribution in [0.2, 0.25) is 0 Å². The van der Waals surface area contributed by atoms with E-state index in [0.717, 1.165) is 0 Å². The molecule has 3 rings (SSSR count). The number of anilines is 2. The van der Waals surface area contributed by atoms with Gasteiger partial charge >= 0.3 is 0 Å². The van der Waals surface area contributed by atoms with Crippen molar-refractivity contribution in [1.82, 2.24) is 4.98 Å². The van der Waals surface area contributed by atoms with Crippen LogP contribution in [0.1, 0.15) is 10.4 Å². The maximum atomic E-state index is 12.2. The quantitative estimate of drug-likeness (QED) is 0.851. The Balaban J connectivity index is 1.70. The van der Waals surface area contributed by atoms with Gasteiger partial charge in [0.05, 0.1) is 0 Å². The summed E-state index contributed by atoms with van der Waals surface area (Å²) in [6.07, 6.45) is 1.52. The second-order valence-corrected chi connectivity index (χ2v) is 5.08. The maximum Gasteiger partial charge on any atom is 0.266 e. The van der Waals surface area contributed by atoms with Gasteiger partial charge in [-0.2, -0.15) is 0 Å². The van der Waals surface area contributed by atoms with Gasteiger partial charge < -0.3 is 15.8 Å². The third-order valence-electron chi connectivity index (χ3n) is 3.41. The van der Waals surface area contributed by atoms with Crippen LogP contribution in [0.25, 0.3) is 0 Å². The minimum atomic E-state index is -0.547. The lowest BCUT2D eigenvalue weighted by molar-refractivity contribution is -0.123. The van der Waals surface area contributed by atoms with Crippen molar-refractivity contribution in [2.45, 2.75) is 0 Å². The van der Waals surface area contributed by atoms with E-state index in [9.17, 15) is 14.4 Å². The maximum absolute atomic E-state index is 12.2. The zero-order chi connectivity index (χ0) is 17.1. The number of ether oxygens (including phenoxy) is 1. The Morgan fingerprint density at radius 1 is 1.25 bits per heavy atom. The zero-order valence-electron chi connectivity index (χ0n) is 12.6. The van der Waals surface area contributed by atoms with Crippen LogP contribution in [0, 0.1) is 0 Å². The van der Waals surface area contributed by atoms with E-state index in [1.54, 1.807) is 24.3 Å². The summed E-state index contributed by atoms with van der Waals surface area (Å²) in [6.45, 7) is -0.330. The predicted octanol–water partition coefficient (Wildman–Crippen LogP) is 0.545. The van der Waals surface area contributed by atoms with Gasteiger partial charge in [0.1, 0.15) is 6.54 Å². The Bertz CT molecular complexity index is 804. The molecular weight excluding hydrogens is 312 g/mol. The molecule has 2 heterocycles. The number of pyridine rings is 1. The number of carbonyl (C=O) groups excluding carboxylic acids is 3. The van der Waals surface area contributed by atoms with E-state index in [-0.39, 0.29) is 19.1 Å². The molecule has 0 aliphatic carbocycles. The van der Waals surface area contributed by atoms with Gasteiger partial charge in [-0.25, -0.2) is 4.98 Å². The van der Waals surface area contributed by atoms with E-state index >= 15 is 0 Å². The summed E-state index contributed by atoms with van der Waals surface area (Å²) in [5, 5.41) is 2.65. The molecule has 0 radical (unpaired) electrons. The summed E-state index contributed by atoms with van der Waals surface area (Å²) in [6, 6.07) is 9.51. The number of rotatable bonds is 4. The highest BCUT2D eigenvalue weighted by Gasteiger charge is 2.28. The van der Waals surface area contributed by atoms with Crippen LogP contribution in [-0.4, -0.2) is 35.9 Å². The van der Waals surface area contributed by atoms with Crippen molar-refractivity contribution >= 4 is 29.2 Å². The molecule has 0 saturated heterocycles. The van der Waals surface area contributed by atoms with Gasteiger partial charge in [0.15, 0.2) is 18.2 Å². The SMILES string of the molecule is NC(=O)c1ccc(NC(=O)CN2C(=O)COc3cccnc32)cc1. The summed E-state index contributed by atoms with van der Waals surface area (Å²) >= 11 is 0. The van der Waals surface area contributed by atoms with Gasteiger partial charge in [-0.3, -0.25) is 19.3 Å². The first kappa shape index (κ1) is 15.5. The van der Waals surface area contributed by atoms with E-state index in [0.29, 0.717) is 22.8 Å². The van der Waals surface area contributed by atoms with Gasteiger partial charge in [-0.15, -0.1) is 0 Å². The van der Waals surface area contributed by atoms with Gasteiger partial charge in [-0.1, -0.05) is 0 Å². The standard InChI is InChI=1S/C16H14N4O4/c17-15(23)10-3-5-11(6-4-10)19-13(21)8-20-14(22)9-24-12-2-1-7-18-16(12)20/h1-7H,8-9H2,(H2,17,23)(H,19,21). The van der Waals surface area contributed by atoms with Gasteiger partial charge in [0.2, 0.25) is 11.8 Å². The minimum Gasteiger partial charge on any atom is -0.480 e. The van der Waals surface area contributed by atoms with Gasteiger partial charge in [-0.05, 0) is 36.4 Å². The second kappa shape index (κ2) is 6.37. The van der Waals surface area contributed by atoms with E-state index in [1.807, 2.05) is 0 Å². The molecule has 0 spiro atoms. The van der Waals surface area contributed by atoms with E-state index in [2.05, 4.69) is 10.3 Å². The van der Waals surface area contributed by atoms with Crippen molar-refractivity contribution in [1.29, 1.82) is 0 Å². The van der Waals surface area contributed by atoms with Crippen LogP contribution in [0.4, 0.5) is 11.5 Å². The third-order valence-corrected chi connectivity index (χ3v) is 3.41. The molecule has 1 aromatic heterocycles. The molecule has 24 heavy (non-hydrogen) atoms. The van der Waals surface area contributed by atoms with Gasteiger partial charge in [0, 0.05) is 17.4 Å². The van der Waals surface area contributed by atoms with Crippen LogP contribution in [0.5, 0.6) is 5.75 Å². The molecule has 2 aromatic rings. The molecule has 1 aromatic carbocycles. The second-order valence-electron chi connectivity index (χ2n) is 5.08. The zero-order valence-corrected chi connectivity index (χ0v) is 12.6. The number of hydrogen-bond acceptors (Lipinski definition) is 5. The Kier molecular flexibility index (Phi) is 4.11. The molecule has 8 nitrogen and oxygen atoms in total. The van der Waals surface area contributed by atoms with E-state index in [4.69, 9.17) is 10.5 Å². The van der Waals surface area contributed by atoms with Crippen molar-refractivity contribution in [3.8, 4) is 5.75 Å². The average molecular weight is 326 g/mol. The number of amides is 3. The number of benzene rings is 1. The first-order valence-electron chi connectivity index (χ1n) is 7.12. The number of hydrogen-bond donors (Lipinski definition) is 2. The van der Waals surface area contributed by atoms with Crippen molar-refractivity contribution in [2.75, 3.05) is 23.4 Å². The molecule has 0 bridgehead atoms. The Labute approximate surface area is 137 Å². The number of carbonyl (C=O) groups is 3. The highest BCUT2D eigenvalue weighted by atomic mass is 16.5. The van der Waals surface area contributed by atoms with E-state index < -0.39 is 11.8 Å². The third kappa shape index (κ3) is 3.17. The molecule has 0 atom stereocenters. The highest BCUT2D eigenvalue weighted by Crippen LogP contribution is 2.28. The summed E-state index contributed by atoms with van der Waals surface area (Å²) in [4.78, 5) is 40.6. The molecule has 0 fully saturated rings. The summed E-state index contributed by atoms with van der Waals surface area (Å²) in [7, 11) is 0. The van der Waals surface area contributed by atoms with Crippen LogP contribution >= 0.6 is 0 Å².